The second-order valence-corrected chi connectivity index (χ2v) is 7.39. The van der Waals surface area contributed by atoms with Crippen LogP contribution >= 0.6 is 11.8 Å². The van der Waals surface area contributed by atoms with E-state index in [0.29, 0.717) is 16.5 Å². The molecule has 2 aromatic heterocycles. The zero-order valence-corrected chi connectivity index (χ0v) is 16.5. The third kappa shape index (κ3) is 4.39. The smallest absolute Gasteiger partial charge is 0.255 e. The third-order valence-electron chi connectivity index (χ3n) is 4.47. The molecule has 0 saturated heterocycles. The molecule has 0 radical (unpaired) electrons. The number of nitrogens with zero attached hydrogens (tertiary/aromatic N) is 3. The number of anilines is 1. The highest BCUT2D eigenvalue weighted by molar-refractivity contribution is 7.99. The standard InChI is InChI=1S/C19H23N5O2S/c1-4-5-6-14-7-9-15(10-8-14)20-16(25)11-27-19-23-22-18-21-17(26)12(2)13(3)24(18)19/h7-10H,4-6,11H2,1-3H3,(H,20,25)(H,21,22,26). The highest BCUT2D eigenvalue weighted by atomic mass is 32.2. The van der Waals surface area contributed by atoms with Crippen LogP contribution in [0.1, 0.15) is 36.6 Å². The summed E-state index contributed by atoms with van der Waals surface area (Å²) in [4.78, 5) is 26.8. The number of nitrogens with one attached hydrogen (secondary N) is 2. The lowest BCUT2D eigenvalue weighted by Gasteiger charge is -2.07. The predicted molar refractivity (Wildman–Crippen MR) is 107 cm³/mol. The number of rotatable bonds is 7. The number of hydrogen-bond acceptors (Lipinski definition) is 5. The van der Waals surface area contributed by atoms with E-state index in [2.05, 4.69) is 27.4 Å². The predicted octanol–water partition coefficient (Wildman–Crippen LogP) is 3.11. The molecule has 1 amide bonds. The highest BCUT2D eigenvalue weighted by Crippen LogP contribution is 2.19. The van der Waals surface area contributed by atoms with Crippen LogP contribution in [0.3, 0.4) is 0 Å². The normalized spacial score (nSPS) is 11.1. The topological polar surface area (TPSA) is 92.2 Å². The summed E-state index contributed by atoms with van der Waals surface area (Å²) in [7, 11) is 0. The Hall–Kier alpha value is -2.61. The van der Waals surface area contributed by atoms with Gasteiger partial charge in [0.15, 0.2) is 5.16 Å². The van der Waals surface area contributed by atoms with Gasteiger partial charge in [-0.25, -0.2) is 0 Å². The van der Waals surface area contributed by atoms with Crippen LogP contribution in [0.4, 0.5) is 5.69 Å². The van der Waals surface area contributed by atoms with Gasteiger partial charge in [0.1, 0.15) is 0 Å². The first-order valence-corrected chi connectivity index (χ1v) is 9.94. The lowest BCUT2D eigenvalue weighted by Crippen LogP contribution is -2.16. The molecule has 0 atom stereocenters. The van der Waals surface area contributed by atoms with Gasteiger partial charge in [-0.3, -0.25) is 19.0 Å². The minimum atomic E-state index is -0.177. The molecule has 0 aliphatic heterocycles. The molecule has 0 fully saturated rings. The highest BCUT2D eigenvalue weighted by Gasteiger charge is 2.14. The number of H-pyrrole nitrogens is 1. The van der Waals surface area contributed by atoms with Crippen LogP contribution in [0.2, 0.25) is 0 Å². The quantitative estimate of drug-likeness (QED) is 0.610. The zero-order valence-electron chi connectivity index (χ0n) is 15.7. The average Bonchev–Trinajstić information content (AvgIpc) is 3.06. The molecule has 0 saturated carbocycles. The monoisotopic (exact) mass is 385 g/mol. The lowest BCUT2D eigenvalue weighted by atomic mass is 10.1. The Bertz CT molecular complexity index is 1010. The van der Waals surface area contributed by atoms with Crippen LogP contribution in [0, 0.1) is 13.8 Å². The van der Waals surface area contributed by atoms with Gasteiger partial charge >= 0.3 is 0 Å². The van der Waals surface area contributed by atoms with Gasteiger partial charge in [-0.05, 0) is 44.4 Å². The SMILES string of the molecule is CCCCc1ccc(NC(=O)CSc2nnc3[nH]c(=O)c(C)c(C)n23)cc1. The molecule has 2 heterocycles. The van der Waals surface area contributed by atoms with Crippen LogP contribution in [0.15, 0.2) is 34.2 Å². The molecular weight excluding hydrogens is 362 g/mol. The first-order chi connectivity index (χ1) is 13.0. The molecule has 0 aliphatic rings. The summed E-state index contributed by atoms with van der Waals surface area (Å²) in [5, 5.41) is 11.5. The summed E-state index contributed by atoms with van der Waals surface area (Å²) in [6.07, 6.45) is 3.39. The number of thioether (sulfide) groups is 1. The Morgan fingerprint density at radius 3 is 2.67 bits per heavy atom. The van der Waals surface area contributed by atoms with E-state index in [0.717, 1.165) is 17.8 Å². The lowest BCUT2D eigenvalue weighted by molar-refractivity contribution is -0.113. The second-order valence-electron chi connectivity index (χ2n) is 6.44. The van der Waals surface area contributed by atoms with Crippen molar-refractivity contribution >= 4 is 29.1 Å². The fourth-order valence-corrected chi connectivity index (χ4v) is 3.52. The van der Waals surface area contributed by atoms with E-state index in [-0.39, 0.29) is 17.2 Å². The van der Waals surface area contributed by atoms with Gasteiger partial charge in [-0.2, -0.15) is 0 Å². The number of fused-ring (bicyclic) bond motifs is 1. The Balaban J connectivity index is 1.63. The number of hydrogen-bond donors (Lipinski definition) is 2. The minimum Gasteiger partial charge on any atom is -0.325 e. The van der Waals surface area contributed by atoms with Gasteiger partial charge in [-0.1, -0.05) is 37.2 Å². The van der Waals surface area contributed by atoms with Gasteiger partial charge in [0.25, 0.3) is 5.56 Å². The molecular formula is C19H23N5O2S. The first kappa shape index (κ1) is 19.2. The molecule has 0 bridgehead atoms. The maximum Gasteiger partial charge on any atom is 0.255 e. The number of benzene rings is 1. The number of carbonyl (C=O) groups excluding carboxylic acids is 1. The number of aromatic nitrogens is 4. The maximum atomic E-state index is 12.3. The van der Waals surface area contributed by atoms with Crippen LogP contribution in [0.25, 0.3) is 5.78 Å². The van der Waals surface area contributed by atoms with Crippen LogP contribution < -0.4 is 10.9 Å². The van der Waals surface area contributed by atoms with Crippen LogP contribution in [-0.2, 0) is 11.2 Å². The van der Waals surface area contributed by atoms with E-state index in [1.165, 1.54) is 30.2 Å². The number of unbranched alkanes of at least 4 members (excludes halogenated alkanes) is 1. The summed E-state index contributed by atoms with van der Waals surface area (Å²) in [5.74, 6) is 0.473. The van der Waals surface area contributed by atoms with Crippen molar-refractivity contribution in [2.45, 2.75) is 45.2 Å². The van der Waals surface area contributed by atoms with Crippen LogP contribution in [-0.4, -0.2) is 31.2 Å². The van der Waals surface area contributed by atoms with Crippen LogP contribution in [0.5, 0.6) is 0 Å². The van der Waals surface area contributed by atoms with Gasteiger partial charge in [0, 0.05) is 16.9 Å². The molecule has 0 spiro atoms. The Morgan fingerprint density at radius 1 is 1.22 bits per heavy atom. The number of aryl methyl sites for hydroxylation is 2. The largest absolute Gasteiger partial charge is 0.325 e. The average molecular weight is 385 g/mol. The van der Waals surface area contributed by atoms with E-state index in [1.807, 2.05) is 31.2 Å². The van der Waals surface area contributed by atoms with Crippen molar-refractivity contribution in [1.29, 1.82) is 0 Å². The molecule has 3 rings (SSSR count). The van der Waals surface area contributed by atoms with E-state index < -0.39 is 0 Å². The van der Waals surface area contributed by atoms with Crippen molar-refractivity contribution in [3.8, 4) is 0 Å². The number of aromatic amines is 1. The summed E-state index contributed by atoms with van der Waals surface area (Å²) >= 11 is 1.28. The van der Waals surface area contributed by atoms with Crippen molar-refractivity contribution < 1.29 is 4.79 Å². The first-order valence-electron chi connectivity index (χ1n) is 8.95. The fourth-order valence-electron chi connectivity index (χ4n) is 2.74. The Kier molecular flexibility index (Phi) is 5.95. The second kappa shape index (κ2) is 8.39. The minimum absolute atomic E-state index is 0.114. The van der Waals surface area contributed by atoms with E-state index in [1.54, 1.807) is 11.3 Å². The van der Waals surface area contributed by atoms with Gasteiger partial charge in [0.2, 0.25) is 11.7 Å². The molecule has 2 N–H and O–H groups in total. The number of carbonyl (C=O) groups is 1. The summed E-state index contributed by atoms with van der Waals surface area (Å²) in [6, 6.07) is 7.95. The van der Waals surface area contributed by atoms with Crippen molar-refractivity contribution in [3.63, 3.8) is 0 Å². The molecule has 0 aliphatic carbocycles. The van der Waals surface area contributed by atoms with Crippen molar-refractivity contribution in [3.05, 3.63) is 51.4 Å². The third-order valence-corrected chi connectivity index (χ3v) is 5.40. The van der Waals surface area contributed by atoms with Gasteiger partial charge < -0.3 is 5.32 Å². The van der Waals surface area contributed by atoms with E-state index >= 15 is 0 Å². The van der Waals surface area contributed by atoms with Crippen molar-refractivity contribution in [2.75, 3.05) is 11.1 Å². The summed E-state index contributed by atoms with van der Waals surface area (Å²) in [5.41, 5.74) is 3.26. The molecule has 142 valence electrons. The van der Waals surface area contributed by atoms with Gasteiger partial charge in [0.05, 0.1) is 5.75 Å². The molecule has 1 aromatic carbocycles. The fraction of sp³-hybridized carbons (Fsp3) is 0.368. The molecule has 27 heavy (non-hydrogen) atoms. The van der Waals surface area contributed by atoms with E-state index in [4.69, 9.17) is 0 Å². The number of amides is 1. The van der Waals surface area contributed by atoms with Gasteiger partial charge in [-0.15, -0.1) is 10.2 Å². The molecule has 8 heteroatoms. The molecule has 0 unspecified atom stereocenters. The molecule has 7 nitrogen and oxygen atoms in total. The maximum absolute atomic E-state index is 12.3. The molecule has 3 aromatic rings. The van der Waals surface area contributed by atoms with Crippen molar-refractivity contribution in [2.24, 2.45) is 0 Å². The Labute approximate surface area is 161 Å². The van der Waals surface area contributed by atoms with Crippen molar-refractivity contribution in [1.82, 2.24) is 19.6 Å². The summed E-state index contributed by atoms with van der Waals surface area (Å²) < 4.78 is 1.76. The van der Waals surface area contributed by atoms with E-state index in [9.17, 15) is 9.59 Å². The summed E-state index contributed by atoms with van der Waals surface area (Å²) in [6.45, 7) is 5.76. The zero-order chi connectivity index (χ0) is 19.4. The Morgan fingerprint density at radius 2 is 1.96 bits per heavy atom.